The van der Waals surface area contributed by atoms with Crippen molar-refractivity contribution < 1.29 is 4.79 Å². The number of rotatable bonds is 4. The van der Waals surface area contributed by atoms with Crippen molar-refractivity contribution in [2.24, 2.45) is 11.7 Å². The highest BCUT2D eigenvalue weighted by Crippen LogP contribution is 2.32. The molecule has 6 nitrogen and oxygen atoms in total. The Kier molecular flexibility index (Phi) is 4.66. The lowest BCUT2D eigenvalue weighted by molar-refractivity contribution is -0.138. The normalized spacial score (nSPS) is 23.9. The average Bonchev–Trinajstić information content (AvgIpc) is 3.03. The smallest absolute Gasteiger partial charge is 0.227 e. The van der Waals surface area contributed by atoms with Crippen LogP contribution in [-0.4, -0.2) is 38.4 Å². The molecule has 2 N–H and O–H groups in total. The lowest BCUT2D eigenvalue weighted by atomic mass is 9.74. The molecule has 0 spiro atoms. The molecular formula is C18H25N5O. The van der Waals surface area contributed by atoms with E-state index in [2.05, 4.69) is 10.2 Å². The maximum Gasteiger partial charge on any atom is 0.227 e. The van der Waals surface area contributed by atoms with Crippen LogP contribution in [0.15, 0.2) is 36.5 Å². The van der Waals surface area contributed by atoms with Gasteiger partial charge in [-0.3, -0.25) is 4.79 Å². The number of hydrogen-bond acceptors (Lipinski definition) is 4. The second-order valence-corrected chi connectivity index (χ2v) is 6.96. The van der Waals surface area contributed by atoms with Gasteiger partial charge in [-0.25, -0.2) is 0 Å². The van der Waals surface area contributed by atoms with Gasteiger partial charge in [-0.15, -0.1) is 0 Å². The number of nitrogens with zero attached hydrogens (tertiary/aromatic N) is 4. The highest BCUT2D eigenvalue weighted by Gasteiger charge is 2.39. The van der Waals surface area contributed by atoms with Crippen molar-refractivity contribution >= 4 is 5.91 Å². The summed E-state index contributed by atoms with van der Waals surface area (Å²) < 4.78 is 0. The maximum atomic E-state index is 12.8. The Morgan fingerprint density at radius 2 is 2.12 bits per heavy atom. The van der Waals surface area contributed by atoms with Gasteiger partial charge in [0.15, 0.2) is 0 Å². The third-order valence-electron chi connectivity index (χ3n) is 4.85. The van der Waals surface area contributed by atoms with Crippen LogP contribution in [0.25, 0.3) is 5.69 Å². The molecule has 6 heteroatoms. The van der Waals surface area contributed by atoms with Gasteiger partial charge < -0.3 is 10.6 Å². The van der Waals surface area contributed by atoms with E-state index in [1.165, 1.54) is 0 Å². The Bertz CT molecular complexity index is 694. The molecule has 2 unspecified atom stereocenters. The molecular weight excluding hydrogens is 302 g/mol. The van der Waals surface area contributed by atoms with Crippen molar-refractivity contribution in [1.82, 2.24) is 19.9 Å². The van der Waals surface area contributed by atoms with E-state index in [-0.39, 0.29) is 11.8 Å². The van der Waals surface area contributed by atoms with Crippen LogP contribution in [0.1, 0.15) is 38.3 Å². The standard InChI is InChI=1S/C18H25N5O/c1-18(19)11-7-6-10-16(18)17(24)22(2)13-14-12-20-23(21-14)15-8-4-3-5-9-15/h3-5,8-9,12,16H,6-7,10-11,13,19H2,1-2H3. The summed E-state index contributed by atoms with van der Waals surface area (Å²) in [6, 6.07) is 9.73. The van der Waals surface area contributed by atoms with Gasteiger partial charge in [0.1, 0.15) is 5.69 Å². The molecule has 1 fully saturated rings. The third-order valence-corrected chi connectivity index (χ3v) is 4.85. The second kappa shape index (κ2) is 6.73. The van der Waals surface area contributed by atoms with Crippen molar-refractivity contribution in [2.75, 3.05) is 7.05 Å². The van der Waals surface area contributed by atoms with E-state index >= 15 is 0 Å². The molecule has 1 saturated carbocycles. The van der Waals surface area contributed by atoms with Crippen LogP contribution >= 0.6 is 0 Å². The maximum absolute atomic E-state index is 12.8. The van der Waals surface area contributed by atoms with Crippen LogP contribution in [0, 0.1) is 5.92 Å². The van der Waals surface area contributed by atoms with Crippen molar-refractivity contribution in [1.29, 1.82) is 0 Å². The molecule has 0 saturated heterocycles. The molecule has 24 heavy (non-hydrogen) atoms. The molecule has 1 amide bonds. The molecule has 1 aliphatic carbocycles. The number of para-hydroxylation sites is 1. The molecule has 0 aliphatic heterocycles. The zero-order valence-electron chi connectivity index (χ0n) is 14.4. The molecule has 0 bridgehead atoms. The van der Waals surface area contributed by atoms with Gasteiger partial charge in [-0.05, 0) is 31.9 Å². The largest absolute Gasteiger partial charge is 0.339 e. The fourth-order valence-electron chi connectivity index (χ4n) is 3.40. The summed E-state index contributed by atoms with van der Waals surface area (Å²) in [5, 5.41) is 8.75. The van der Waals surface area contributed by atoms with Crippen molar-refractivity contribution in [3.63, 3.8) is 0 Å². The average molecular weight is 327 g/mol. The first-order chi connectivity index (χ1) is 11.5. The van der Waals surface area contributed by atoms with E-state index in [0.29, 0.717) is 6.54 Å². The fraction of sp³-hybridized carbons (Fsp3) is 0.500. The molecule has 1 aromatic heterocycles. The highest BCUT2D eigenvalue weighted by atomic mass is 16.2. The molecule has 1 heterocycles. The summed E-state index contributed by atoms with van der Waals surface area (Å²) in [6.45, 7) is 2.44. The minimum absolute atomic E-state index is 0.106. The van der Waals surface area contributed by atoms with Crippen LogP contribution in [-0.2, 0) is 11.3 Å². The molecule has 1 aromatic carbocycles. The number of aromatic nitrogens is 3. The van der Waals surface area contributed by atoms with Crippen LogP contribution in [0.3, 0.4) is 0 Å². The first kappa shape index (κ1) is 16.6. The van der Waals surface area contributed by atoms with Gasteiger partial charge in [0.2, 0.25) is 5.91 Å². The predicted octanol–water partition coefficient (Wildman–Crippen LogP) is 2.13. The van der Waals surface area contributed by atoms with Crippen LogP contribution in [0.2, 0.25) is 0 Å². The summed E-state index contributed by atoms with van der Waals surface area (Å²) >= 11 is 0. The summed E-state index contributed by atoms with van der Waals surface area (Å²) in [4.78, 5) is 16.1. The number of carbonyl (C=O) groups is 1. The minimum Gasteiger partial charge on any atom is -0.339 e. The van der Waals surface area contributed by atoms with Crippen LogP contribution in [0.4, 0.5) is 0 Å². The first-order valence-corrected chi connectivity index (χ1v) is 8.48. The first-order valence-electron chi connectivity index (χ1n) is 8.48. The van der Waals surface area contributed by atoms with Gasteiger partial charge in [0, 0.05) is 12.6 Å². The Hall–Kier alpha value is -2.21. The minimum atomic E-state index is -0.411. The zero-order chi connectivity index (χ0) is 17.2. The topological polar surface area (TPSA) is 77.0 Å². The number of nitrogens with two attached hydrogens (primary N) is 1. The summed E-state index contributed by atoms with van der Waals surface area (Å²) in [5.41, 5.74) is 7.61. The molecule has 1 aliphatic rings. The fourth-order valence-corrected chi connectivity index (χ4v) is 3.40. The van der Waals surface area contributed by atoms with E-state index in [0.717, 1.165) is 37.1 Å². The lowest BCUT2D eigenvalue weighted by Gasteiger charge is -2.39. The van der Waals surface area contributed by atoms with Gasteiger partial charge in [-0.1, -0.05) is 31.0 Å². The summed E-state index contributed by atoms with van der Waals surface area (Å²) in [6.07, 6.45) is 5.65. The second-order valence-electron chi connectivity index (χ2n) is 6.96. The molecule has 0 radical (unpaired) electrons. The van der Waals surface area contributed by atoms with Crippen molar-refractivity contribution in [2.45, 2.75) is 44.7 Å². The summed E-state index contributed by atoms with van der Waals surface area (Å²) in [7, 11) is 1.81. The SMILES string of the molecule is CN(Cc1cnn(-c2ccccc2)n1)C(=O)C1CCCCC1(C)N. The van der Waals surface area contributed by atoms with E-state index < -0.39 is 5.54 Å². The van der Waals surface area contributed by atoms with Gasteiger partial charge >= 0.3 is 0 Å². The molecule has 2 atom stereocenters. The van der Waals surface area contributed by atoms with Crippen molar-refractivity contribution in [3.05, 3.63) is 42.2 Å². The van der Waals surface area contributed by atoms with Gasteiger partial charge in [0.25, 0.3) is 0 Å². The Labute approximate surface area is 142 Å². The van der Waals surface area contributed by atoms with E-state index in [1.54, 1.807) is 15.9 Å². The monoisotopic (exact) mass is 327 g/mol. The van der Waals surface area contributed by atoms with Crippen molar-refractivity contribution in [3.8, 4) is 5.69 Å². The zero-order valence-corrected chi connectivity index (χ0v) is 14.4. The number of amides is 1. The molecule has 3 rings (SSSR count). The lowest BCUT2D eigenvalue weighted by Crippen LogP contribution is -2.53. The van der Waals surface area contributed by atoms with Gasteiger partial charge in [-0.2, -0.15) is 15.0 Å². The molecule has 2 aromatic rings. The Balaban J connectivity index is 1.67. The van der Waals surface area contributed by atoms with E-state index in [9.17, 15) is 4.79 Å². The predicted molar refractivity (Wildman–Crippen MR) is 92.4 cm³/mol. The number of benzene rings is 1. The summed E-state index contributed by atoms with van der Waals surface area (Å²) in [5.74, 6) is -0.00520. The number of carbonyl (C=O) groups excluding carboxylic acids is 1. The van der Waals surface area contributed by atoms with Crippen LogP contribution in [0.5, 0.6) is 0 Å². The van der Waals surface area contributed by atoms with E-state index in [4.69, 9.17) is 5.73 Å². The Morgan fingerprint density at radius 1 is 1.38 bits per heavy atom. The Morgan fingerprint density at radius 3 is 2.83 bits per heavy atom. The quantitative estimate of drug-likeness (QED) is 0.933. The van der Waals surface area contributed by atoms with Crippen LogP contribution < -0.4 is 5.73 Å². The molecule has 128 valence electrons. The highest BCUT2D eigenvalue weighted by molar-refractivity contribution is 5.80. The van der Waals surface area contributed by atoms with E-state index in [1.807, 2.05) is 44.3 Å². The third kappa shape index (κ3) is 3.48. The van der Waals surface area contributed by atoms with Gasteiger partial charge in [0.05, 0.1) is 24.3 Å². The number of hydrogen-bond donors (Lipinski definition) is 1.